The fraction of sp³-hybridized carbons (Fsp3) is 0.417. The van der Waals surface area contributed by atoms with Gasteiger partial charge in [0.2, 0.25) is 0 Å². The van der Waals surface area contributed by atoms with Crippen molar-refractivity contribution < 1.29 is 18.7 Å². The molecule has 1 aliphatic carbocycles. The lowest BCUT2D eigenvalue weighted by Crippen LogP contribution is -2.36. The van der Waals surface area contributed by atoms with E-state index >= 15 is 0 Å². The fourth-order valence-corrected chi connectivity index (χ4v) is 4.28. The van der Waals surface area contributed by atoms with Crippen molar-refractivity contribution in [2.24, 2.45) is 0 Å². The van der Waals surface area contributed by atoms with Crippen LogP contribution in [-0.2, 0) is 26.2 Å². The first kappa shape index (κ1) is 22.4. The molecule has 1 aliphatic rings. The number of ether oxygens (including phenoxy) is 1. The highest BCUT2D eigenvalue weighted by Gasteiger charge is 2.41. The number of halogens is 2. The Labute approximate surface area is 181 Å². The Kier molecular flexibility index (Phi) is 6.63. The van der Waals surface area contributed by atoms with Crippen molar-refractivity contribution >= 4 is 23.4 Å². The maximum absolute atomic E-state index is 13.8. The number of Topliss-reactive ketones (excluding diaryl/α,β-unsaturated/α-hetero) is 1. The van der Waals surface area contributed by atoms with Gasteiger partial charge < -0.3 is 10.1 Å². The van der Waals surface area contributed by atoms with Gasteiger partial charge in [-0.2, -0.15) is 0 Å². The van der Waals surface area contributed by atoms with Crippen molar-refractivity contribution in [3.8, 4) is 0 Å². The van der Waals surface area contributed by atoms with E-state index in [-0.39, 0.29) is 31.1 Å². The van der Waals surface area contributed by atoms with Gasteiger partial charge in [-0.25, -0.2) is 4.39 Å². The Morgan fingerprint density at radius 2 is 1.83 bits per heavy atom. The van der Waals surface area contributed by atoms with E-state index < -0.39 is 17.0 Å². The monoisotopic (exact) mass is 431 g/mol. The minimum Gasteiger partial charge on any atom is -0.459 e. The average Bonchev–Trinajstić information content (AvgIpc) is 2.99. The standard InChI is InChI=1S/C24H27ClFNO3/c1-23(2,3)30-22(29)15-27-14-20(28)13-24(17-4-6-18(25)7-5-17)11-10-16-12-19(26)8-9-21(16)24/h4-9,12,27H,10-11,13-15H2,1-3H3. The van der Waals surface area contributed by atoms with E-state index in [1.165, 1.54) is 6.07 Å². The predicted octanol–water partition coefficient (Wildman–Crippen LogP) is 4.60. The average molecular weight is 432 g/mol. The summed E-state index contributed by atoms with van der Waals surface area (Å²) in [5, 5.41) is 3.51. The van der Waals surface area contributed by atoms with E-state index in [9.17, 15) is 14.0 Å². The molecule has 0 aliphatic heterocycles. The quantitative estimate of drug-likeness (QED) is 0.651. The third kappa shape index (κ3) is 5.27. The molecule has 3 rings (SSSR count). The van der Waals surface area contributed by atoms with Gasteiger partial charge in [-0.1, -0.05) is 29.8 Å². The van der Waals surface area contributed by atoms with Crippen molar-refractivity contribution in [2.45, 2.75) is 51.0 Å². The number of hydrogen-bond acceptors (Lipinski definition) is 4. The molecule has 0 saturated heterocycles. The van der Waals surface area contributed by atoms with Crippen molar-refractivity contribution in [1.29, 1.82) is 0 Å². The molecule has 0 saturated carbocycles. The lowest BCUT2D eigenvalue weighted by molar-refractivity contribution is -0.153. The maximum atomic E-state index is 13.8. The highest BCUT2D eigenvalue weighted by Crippen LogP contribution is 2.47. The van der Waals surface area contributed by atoms with Crippen LogP contribution in [0.25, 0.3) is 0 Å². The highest BCUT2D eigenvalue weighted by molar-refractivity contribution is 6.30. The molecule has 0 fully saturated rings. The van der Waals surface area contributed by atoms with Crippen LogP contribution in [0.15, 0.2) is 42.5 Å². The molecule has 0 heterocycles. The number of hydrogen-bond donors (Lipinski definition) is 1. The van der Waals surface area contributed by atoms with E-state index in [0.717, 1.165) is 16.7 Å². The van der Waals surface area contributed by atoms with Crippen LogP contribution in [0.2, 0.25) is 5.02 Å². The number of aryl methyl sites for hydroxylation is 1. The van der Waals surface area contributed by atoms with Gasteiger partial charge in [-0.05, 0) is 74.6 Å². The van der Waals surface area contributed by atoms with Gasteiger partial charge in [0.15, 0.2) is 0 Å². The Hall–Kier alpha value is -2.24. The third-order valence-corrected chi connectivity index (χ3v) is 5.56. The van der Waals surface area contributed by atoms with Gasteiger partial charge in [0.25, 0.3) is 0 Å². The Morgan fingerprint density at radius 1 is 1.13 bits per heavy atom. The second kappa shape index (κ2) is 8.86. The molecule has 2 aromatic rings. The first-order valence-electron chi connectivity index (χ1n) is 10.1. The Bertz CT molecular complexity index is 936. The molecule has 4 nitrogen and oxygen atoms in total. The molecular weight excluding hydrogens is 405 g/mol. The van der Waals surface area contributed by atoms with Crippen LogP contribution in [0.1, 0.15) is 50.3 Å². The van der Waals surface area contributed by atoms with Crippen LogP contribution < -0.4 is 5.32 Å². The smallest absolute Gasteiger partial charge is 0.320 e. The zero-order valence-electron chi connectivity index (χ0n) is 17.6. The summed E-state index contributed by atoms with van der Waals surface area (Å²) < 4.78 is 19.0. The second-order valence-corrected chi connectivity index (χ2v) is 9.23. The summed E-state index contributed by atoms with van der Waals surface area (Å²) in [5.41, 5.74) is 1.80. The molecule has 0 aromatic heterocycles. The van der Waals surface area contributed by atoms with Crippen LogP contribution in [-0.4, -0.2) is 30.4 Å². The van der Waals surface area contributed by atoms with Crippen LogP contribution in [0, 0.1) is 5.82 Å². The Balaban J connectivity index is 1.76. The summed E-state index contributed by atoms with van der Waals surface area (Å²) in [6, 6.07) is 12.3. The molecule has 0 bridgehead atoms. The normalized spacial score (nSPS) is 18.2. The summed E-state index contributed by atoms with van der Waals surface area (Å²) >= 11 is 6.06. The fourth-order valence-electron chi connectivity index (χ4n) is 4.15. The lowest BCUT2D eigenvalue weighted by atomic mass is 9.72. The van der Waals surface area contributed by atoms with Crippen LogP contribution in [0.3, 0.4) is 0 Å². The summed E-state index contributed by atoms with van der Waals surface area (Å²) in [4.78, 5) is 24.7. The minimum atomic E-state index is -0.565. The number of rotatable bonds is 7. The highest BCUT2D eigenvalue weighted by atomic mass is 35.5. The molecule has 2 aromatic carbocycles. The van der Waals surface area contributed by atoms with Crippen molar-refractivity contribution in [3.05, 3.63) is 70.0 Å². The van der Waals surface area contributed by atoms with Gasteiger partial charge in [-0.15, -0.1) is 0 Å². The second-order valence-electron chi connectivity index (χ2n) is 8.80. The molecular formula is C24H27ClFNO3. The van der Waals surface area contributed by atoms with E-state index in [0.29, 0.717) is 17.9 Å². The molecule has 1 atom stereocenters. The number of fused-ring (bicyclic) bond motifs is 1. The van der Waals surface area contributed by atoms with Crippen molar-refractivity contribution in [1.82, 2.24) is 5.32 Å². The summed E-state index contributed by atoms with van der Waals surface area (Å²) in [7, 11) is 0. The van der Waals surface area contributed by atoms with E-state index in [1.54, 1.807) is 32.9 Å². The summed E-state index contributed by atoms with van der Waals surface area (Å²) in [6.45, 7) is 5.43. The van der Waals surface area contributed by atoms with Gasteiger partial charge in [0.1, 0.15) is 17.2 Å². The van der Waals surface area contributed by atoms with E-state index in [2.05, 4.69) is 5.32 Å². The summed E-state index contributed by atoms with van der Waals surface area (Å²) in [5.74, 6) is -0.693. The first-order valence-corrected chi connectivity index (χ1v) is 10.5. The number of carbonyl (C=O) groups is 2. The lowest BCUT2D eigenvalue weighted by Gasteiger charge is -2.31. The van der Waals surface area contributed by atoms with Gasteiger partial charge >= 0.3 is 5.97 Å². The summed E-state index contributed by atoms with van der Waals surface area (Å²) in [6.07, 6.45) is 1.67. The first-order chi connectivity index (χ1) is 14.1. The molecule has 0 radical (unpaired) electrons. The van der Waals surface area contributed by atoms with E-state index in [4.69, 9.17) is 16.3 Å². The molecule has 1 N–H and O–H groups in total. The zero-order valence-corrected chi connectivity index (χ0v) is 18.3. The molecule has 6 heteroatoms. The van der Waals surface area contributed by atoms with Crippen molar-refractivity contribution in [3.63, 3.8) is 0 Å². The molecule has 0 spiro atoms. The predicted molar refractivity (Wildman–Crippen MR) is 115 cm³/mol. The van der Waals surface area contributed by atoms with Gasteiger partial charge in [0, 0.05) is 16.9 Å². The van der Waals surface area contributed by atoms with Crippen LogP contribution in [0.5, 0.6) is 0 Å². The van der Waals surface area contributed by atoms with Gasteiger partial charge in [0.05, 0.1) is 13.1 Å². The SMILES string of the molecule is CC(C)(C)OC(=O)CNCC(=O)CC1(c2ccc(Cl)cc2)CCc2cc(F)ccc21. The molecule has 160 valence electrons. The topological polar surface area (TPSA) is 55.4 Å². The van der Waals surface area contributed by atoms with E-state index in [1.807, 2.05) is 24.3 Å². The number of esters is 1. The number of benzene rings is 2. The number of carbonyl (C=O) groups excluding carboxylic acids is 2. The largest absolute Gasteiger partial charge is 0.459 e. The number of ketones is 1. The van der Waals surface area contributed by atoms with Crippen LogP contribution in [0.4, 0.5) is 4.39 Å². The van der Waals surface area contributed by atoms with Crippen molar-refractivity contribution in [2.75, 3.05) is 13.1 Å². The molecule has 1 unspecified atom stereocenters. The minimum absolute atomic E-state index is 0.0225. The maximum Gasteiger partial charge on any atom is 0.320 e. The zero-order chi connectivity index (χ0) is 21.9. The van der Waals surface area contributed by atoms with Crippen LogP contribution >= 0.6 is 11.6 Å². The number of nitrogens with one attached hydrogen (secondary N) is 1. The van der Waals surface area contributed by atoms with Gasteiger partial charge in [-0.3, -0.25) is 9.59 Å². The molecule has 0 amide bonds. The Morgan fingerprint density at radius 3 is 2.50 bits per heavy atom. The third-order valence-electron chi connectivity index (χ3n) is 5.31. The molecule has 30 heavy (non-hydrogen) atoms.